The third-order valence-electron chi connectivity index (χ3n) is 2.07. The van der Waals surface area contributed by atoms with E-state index in [-0.39, 0.29) is 5.56 Å². The van der Waals surface area contributed by atoms with Crippen LogP contribution in [0.2, 0.25) is 0 Å². The second-order valence-corrected chi connectivity index (χ2v) is 3.33. The van der Waals surface area contributed by atoms with Crippen LogP contribution in [0.5, 0.6) is 0 Å². The van der Waals surface area contributed by atoms with E-state index in [2.05, 4.69) is 10.3 Å². The van der Waals surface area contributed by atoms with Crippen LogP contribution in [0.1, 0.15) is 24.9 Å². The number of alkyl halides is 3. The Balaban J connectivity index is 2.89. The van der Waals surface area contributed by atoms with Gasteiger partial charge in [-0.15, -0.1) is 0 Å². The summed E-state index contributed by atoms with van der Waals surface area (Å²) >= 11 is 0. The number of hydrogen-bond donors (Lipinski definition) is 1. The van der Waals surface area contributed by atoms with E-state index in [0.717, 1.165) is 6.20 Å². The summed E-state index contributed by atoms with van der Waals surface area (Å²) < 4.78 is 50.1. The highest BCUT2D eigenvalue weighted by molar-refractivity contribution is 5.17. The van der Waals surface area contributed by atoms with E-state index in [9.17, 15) is 17.6 Å². The molecule has 1 atom stereocenters. The first-order valence-electron chi connectivity index (χ1n) is 4.83. The van der Waals surface area contributed by atoms with Crippen LogP contribution in [0, 0.1) is 5.82 Å². The molecule has 0 radical (unpaired) electrons. The van der Waals surface area contributed by atoms with Gasteiger partial charge in [0.15, 0.2) is 0 Å². The molecule has 1 aromatic rings. The number of aromatic nitrogens is 1. The molecule has 0 aliphatic rings. The standard InChI is InChI=1S/C10H12F4N2/c1-2-16-9(5-10(12,13)14)7-3-4-15-6-8(7)11/h3-4,6,9,16H,2,5H2,1H3. The number of nitrogens with one attached hydrogen (secondary N) is 1. The Labute approximate surface area is 90.7 Å². The van der Waals surface area contributed by atoms with Crippen LogP contribution >= 0.6 is 0 Å². The highest BCUT2D eigenvalue weighted by atomic mass is 19.4. The zero-order valence-corrected chi connectivity index (χ0v) is 8.68. The lowest BCUT2D eigenvalue weighted by atomic mass is 10.0. The minimum absolute atomic E-state index is 0.00539. The molecule has 0 saturated carbocycles. The first-order valence-corrected chi connectivity index (χ1v) is 4.83. The smallest absolute Gasteiger partial charge is 0.310 e. The van der Waals surface area contributed by atoms with E-state index >= 15 is 0 Å². The number of nitrogens with zero attached hydrogens (tertiary/aromatic N) is 1. The molecule has 1 N–H and O–H groups in total. The average molecular weight is 236 g/mol. The molecule has 0 bridgehead atoms. The van der Waals surface area contributed by atoms with E-state index in [4.69, 9.17) is 0 Å². The maximum Gasteiger partial charge on any atom is 0.390 e. The molecule has 0 fully saturated rings. The Morgan fingerprint density at radius 3 is 2.62 bits per heavy atom. The van der Waals surface area contributed by atoms with Crippen molar-refractivity contribution in [3.8, 4) is 0 Å². The van der Waals surface area contributed by atoms with Crippen LogP contribution in [0.15, 0.2) is 18.5 Å². The molecule has 0 aliphatic carbocycles. The molecule has 1 unspecified atom stereocenters. The van der Waals surface area contributed by atoms with E-state index in [0.29, 0.717) is 6.54 Å². The maximum atomic E-state index is 13.3. The van der Waals surface area contributed by atoms with E-state index in [1.54, 1.807) is 6.92 Å². The molecule has 90 valence electrons. The van der Waals surface area contributed by atoms with Crippen molar-refractivity contribution in [3.63, 3.8) is 0 Å². The summed E-state index contributed by atoms with van der Waals surface area (Å²) in [6, 6.07) is 0.196. The summed E-state index contributed by atoms with van der Waals surface area (Å²) in [6.45, 7) is 2.00. The van der Waals surface area contributed by atoms with Crippen molar-refractivity contribution < 1.29 is 17.6 Å². The van der Waals surface area contributed by atoms with Gasteiger partial charge in [-0.3, -0.25) is 4.98 Å². The van der Waals surface area contributed by atoms with Crippen molar-refractivity contribution >= 4 is 0 Å². The number of pyridine rings is 1. The molecule has 6 heteroatoms. The summed E-state index contributed by atoms with van der Waals surface area (Å²) in [6.07, 6.45) is -3.24. The predicted molar refractivity (Wildman–Crippen MR) is 51.3 cm³/mol. The van der Waals surface area contributed by atoms with Gasteiger partial charge in [-0.25, -0.2) is 4.39 Å². The van der Waals surface area contributed by atoms with Gasteiger partial charge < -0.3 is 5.32 Å². The first-order chi connectivity index (χ1) is 7.44. The van der Waals surface area contributed by atoms with Crippen molar-refractivity contribution in [2.45, 2.75) is 25.6 Å². The molecule has 1 heterocycles. The molecule has 1 rings (SSSR count). The molecule has 0 aromatic carbocycles. The lowest BCUT2D eigenvalue weighted by Crippen LogP contribution is -2.27. The largest absolute Gasteiger partial charge is 0.390 e. The first kappa shape index (κ1) is 12.9. The van der Waals surface area contributed by atoms with Gasteiger partial charge in [0.2, 0.25) is 0 Å². The SMILES string of the molecule is CCNC(CC(F)(F)F)c1ccncc1F. The molecule has 0 saturated heterocycles. The Morgan fingerprint density at radius 1 is 1.44 bits per heavy atom. The Morgan fingerprint density at radius 2 is 2.12 bits per heavy atom. The van der Waals surface area contributed by atoms with Crippen LogP contribution in [-0.4, -0.2) is 17.7 Å². The molecule has 16 heavy (non-hydrogen) atoms. The normalized spacial score (nSPS) is 13.8. The van der Waals surface area contributed by atoms with Gasteiger partial charge in [-0.2, -0.15) is 13.2 Å². The van der Waals surface area contributed by atoms with Gasteiger partial charge in [0.25, 0.3) is 0 Å². The van der Waals surface area contributed by atoms with Crippen molar-refractivity contribution in [3.05, 3.63) is 29.8 Å². The minimum Gasteiger partial charge on any atom is -0.310 e. The Kier molecular flexibility index (Phi) is 4.23. The van der Waals surface area contributed by atoms with E-state index in [1.807, 2.05) is 0 Å². The van der Waals surface area contributed by atoms with Gasteiger partial charge in [0.1, 0.15) is 5.82 Å². The third-order valence-corrected chi connectivity index (χ3v) is 2.07. The zero-order valence-electron chi connectivity index (χ0n) is 8.68. The van der Waals surface area contributed by atoms with Gasteiger partial charge >= 0.3 is 6.18 Å². The fraction of sp³-hybridized carbons (Fsp3) is 0.500. The van der Waals surface area contributed by atoms with Crippen molar-refractivity contribution in [1.82, 2.24) is 10.3 Å². The number of halogens is 4. The van der Waals surface area contributed by atoms with E-state index in [1.165, 1.54) is 12.3 Å². The fourth-order valence-electron chi connectivity index (χ4n) is 1.44. The third kappa shape index (κ3) is 3.77. The second kappa shape index (κ2) is 5.25. The van der Waals surface area contributed by atoms with Gasteiger partial charge in [0.05, 0.1) is 12.6 Å². The summed E-state index contributed by atoms with van der Waals surface area (Å²) in [5.41, 5.74) is -0.00539. The Bertz CT molecular complexity index is 338. The highest BCUT2D eigenvalue weighted by Gasteiger charge is 2.33. The summed E-state index contributed by atoms with van der Waals surface area (Å²) in [7, 11) is 0. The summed E-state index contributed by atoms with van der Waals surface area (Å²) in [5.74, 6) is -0.724. The second-order valence-electron chi connectivity index (χ2n) is 3.33. The number of rotatable bonds is 4. The van der Waals surface area contributed by atoms with Crippen molar-refractivity contribution in [2.24, 2.45) is 0 Å². The molecule has 1 aromatic heterocycles. The van der Waals surface area contributed by atoms with Gasteiger partial charge in [0, 0.05) is 17.8 Å². The lowest BCUT2D eigenvalue weighted by Gasteiger charge is -2.20. The fourth-order valence-corrected chi connectivity index (χ4v) is 1.44. The zero-order chi connectivity index (χ0) is 12.2. The van der Waals surface area contributed by atoms with Crippen LogP contribution in [0.25, 0.3) is 0 Å². The quantitative estimate of drug-likeness (QED) is 0.813. The van der Waals surface area contributed by atoms with Crippen molar-refractivity contribution in [1.29, 1.82) is 0 Å². The lowest BCUT2D eigenvalue weighted by molar-refractivity contribution is -0.140. The molecule has 0 spiro atoms. The predicted octanol–water partition coefficient (Wildman–Crippen LogP) is 2.82. The molecule has 0 aliphatic heterocycles. The minimum atomic E-state index is -4.33. The molecular formula is C10H12F4N2. The van der Waals surface area contributed by atoms with Gasteiger partial charge in [-0.05, 0) is 12.6 Å². The molecular weight excluding hydrogens is 224 g/mol. The van der Waals surface area contributed by atoms with Crippen molar-refractivity contribution in [2.75, 3.05) is 6.54 Å². The summed E-state index contributed by atoms with van der Waals surface area (Å²) in [4.78, 5) is 3.50. The topological polar surface area (TPSA) is 24.9 Å². The van der Waals surface area contributed by atoms with Crippen LogP contribution < -0.4 is 5.32 Å². The van der Waals surface area contributed by atoms with Gasteiger partial charge in [-0.1, -0.05) is 6.92 Å². The number of hydrogen-bond acceptors (Lipinski definition) is 2. The average Bonchev–Trinajstić information content (AvgIpc) is 2.16. The van der Waals surface area contributed by atoms with Crippen LogP contribution in [-0.2, 0) is 0 Å². The van der Waals surface area contributed by atoms with Crippen LogP contribution in [0.3, 0.4) is 0 Å². The van der Waals surface area contributed by atoms with Crippen LogP contribution in [0.4, 0.5) is 17.6 Å². The van der Waals surface area contributed by atoms with E-state index < -0.39 is 24.5 Å². The monoisotopic (exact) mass is 236 g/mol. The highest BCUT2D eigenvalue weighted by Crippen LogP contribution is 2.30. The molecule has 2 nitrogen and oxygen atoms in total. The molecule has 0 amide bonds. The maximum absolute atomic E-state index is 13.3. The Hall–Kier alpha value is -1.17. The summed E-state index contributed by atoms with van der Waals surface area (Å²) in [5, 5.41) is 2.61.